The van der Waals surface area contributed by atoms with Gasteiger partial charge in [-0.25, -0.2) is 0 Å². The molecular weight excluding hydrogens is 258 g/mol. The Hall–Kier alpha value is -0.640. The quantitative estimate of drug-likeness (QED) is 0.819. The third-order valence-corrected chi connectivity index (χ3v) is 5.34. The van der Waals surface area contributed by atoms with Gasteiger partial charge in [0.2, 0.25) is 0 Å². The summed E-state index contributed by atoms with van der Waals surface area (Å²) in [6, 6.07) is 7.13. The van der Waals surface area contributed by atoms with Crippen LogP contribution in [0.2, 0.25) is 0 Å². The molecule has 0 saturated carbocycles. The van der Waals surface area contributed by atoms with Crippen LogP contribution in [-0.2, 0) is 6.54 Å². The zero-order valence-corrected chi connectivity index (χ0v) is 13.1. The van der Waals surface area contributed by atoms with Crippen LogP contribution in [0.15, 0.2) is 23.6 Å². The second-order valence-corrected chi connectivity index (χ2v) is 7.39. The lowest BCUT2D eigenvalue weighted by Gasteiger charge is -2.20. The summed E-state index contributed by atoms with van der Waals surface area (Å²) < 4.78 is 0. The van der Waals surface area contributed by atoms with E-state index in [1.165, 1.54) is 20.2 Å². The molecule has 0 aromatic carbocycles. The van der Waals surface area contributed by atoms with Crippen molar-refractivity contribution in [1.29, 1.82) is 0 Å². The van der Waals surface area contributed by atoms with Gasteiger partial charge in [-0.2, -0.15) is 0 Å². The highest BCUT2D eigenvalue weighted by atomic mass is 32.1. The number of aryl methyl sites for hydroxylation is 2. The van der Waals surface area contributed by atoms with Crippen molar-refractivity contribution in [2.75, 3.05) is 0 Å². The monoisotopic (exact) mass is 279 g/mol. The second-order valence-electron chi connectivity index (χ2n) is 5.07. The first-order chi connectivity index (χ1) is 8.58. The van der Waals surface area contributed by atoms with Crippen LogP contribution in [0.1, 0.15) is 40.1 Å². The summed E-state index contributed by atoms with van der Waals surface area (Å²) in [6.45, 7) is 9.92. The van der Waals surface area contributed by atoms with Gasteiger partial charge in [0, 0.05) is 27.2 Å². The SMILES string of the molecule is Cc1cc(CNC(c2cccs2)C(C)C)sc1C. The van der Waals surface area contributed by atoms with Crippen LogP contribution in [-0.4, -0.2) is 0 Å². The minimum Gasteiger partial charge on any atom is -0.304 e. The predicted octanol–water partition coefficient (Wildman–Crippen LogP) is 4.91. The molecule has 0 aliphatic rings. The van der Waals surface area contributed by atoms with Crippen molar-refractivity contribution >= 4 is 22.7 Å². The molecule has 1 N–H and O–H groups in total. The van der Waals surface area contributed by atoms with Gasteiger partial charge in [0.05, 0.1) is 0 Å². The van der Waals surface area contributed by atoms with Gasteiger partial charge in [-0.15, -0.1) is 22.7 Å². The summed E-state index contributed by atoms with van der Waals surface area (Å²) in [5.41, 5.74) is 1.41. The van der Waals surface area contributed by atoms with Gasteiger partial charge in [0.1, 0.15) is 0 Å². The molecule has 1 atom stereocenters. The van der Waals surface area contributed by atoms with E-state index in [0.29, 0.717) is 12.0 Å². The van der Waals surface area contributed by atoms with Crippen LogP contribution in [0.4, 0.5) is 0 Å². The van der Waals surface area contributed by atoms with Crippen LogP contribution < -0.4 is 5.32 Å². The number of hydrogen-bond acceptors (Lipinski definition) is 3. The highest BCUT2D eigenvalue weighted by Crippen LogP contribution is 2.27. The molecule has 0 spiro atoms. The maximum atomic E-state index is 3.70. The summed E-state index contributed by atoms with van der Waals surface area (Å²) in [4.78, 5) is 4.31. The Balaban J connectivity index is 2.02. The first-order valence-corrected chi connectivity index (χ1v) is 8.10. The Labute approximate surface area is 118 Å². The number of hydrogen-bond donors (Lipinski definition) is 1. The predicted molar refractivity (Wildman–Crippen MR) is 82.5 cm³/mol. The topological polar surface area (TPSA) is 12.0 Å². The average molecular weight is 279 g/mol. The smallest absolute Gasteiger partial charge is 0.0440 e. The first kappa shape index (κ1) is 13.8. The van der Waals surface area contributed by atoms with Crippen LogP contribution in [0.3, 0.4) is 0 Å². The molecule has 2 heterocycles. The van der Waals surface area contributed by atoms with Crippen molar-refractivity contribution in [2.24, 2.45) is 5.92 Å². The molecular formula is C15H21NS2. The van der Waals surface area contributed by atoms with E-state index in [2.05, 4.69) is 56.6 Å². The summed E-state index contributed by atoms with van der Waals surface area (Å²) in [6.07, 6.45) is 0. The molecule has 0 aliphatic heterocycles. The van der Waals surface area contributed by atoms with Gasteiger partial charge in [-0.05, 0) is 42.8 Å². The molecule has 1 nitrogen and oxygen atoms in total. The third-order valence-electron chi connectivity index (χ3n) is 3.23. The normalized spacial score (nSPS) is 13.2. The molecule has 2 rings (SSSR count). The lowest BCUT2D eigenvalue weighted by Crippen LogP contribution is -2.24. The van der Waals surface area contributed by atoms with E-state index < -0.39 is 0 Å². The highest BCUT2D eigenvalue weighted by Gasteiger charge is 2.16. The Morgan fingerprint density at radius 2 is 2.06 bits per heavy atom. The Bertz CT molecular complexity index is 463. The van der Waals surface area contributed by atoms with Crippen LogP contribution in [0.5, 0.6) is 0 Å². The van der Waals surface area contributed by atoms with Gasteiger partial charge in [-0.3, -0.25) is 0 Å². The Kier molecular flexibility index (Phi) is 4.60. The Morgan fingerprint density at radius 3 is 2.56 bits per heavy atom. The molecule has 0 fully saturated rings. The lowest BCUT2D eigenvalue weighted by molar-refractivity contribution is 0.418. The van der Waals surface area contributed by atoms with E-state index in [4.69, 9.17) is 0 Å². The van der Waals surface area contributed by atoms with Crippen molar-refractivity contribution < 1.29 is 0 Å². The first-order valence-electron chi connectivity index (χ1n) is 6.40. The summed E-state index contributed by atoms with van der Waals surface area (Å²) >= 11 is 3.75. The van der Waals surface area contributed by atoms with Crippen molar-refractivity contribution in [3.8, 4) is 0 Å². The molecule has 0 radical (unpaired) electrons. The molecule has 2 aromatic rings. The van der Waals surface area contributed by atoms with Gasteiger partial charge in [0.15, 0.2) is 0 Å². The fourth-order valence-electron chi connectivity index (χ4n) is 2.08. The minimum absolute atomic E-state index is 0.465. The average Bonchev–Trinajstić information content (AvgIpc) is 2.90. The van der Waals surface area contributed by atoms with Gasteiger partial charge in [0.25, 0.3) is 0 Å². The fourth-order valence-corrected chi connectivity index (χ4v) is 4.06. The van der Waals surface area contributed by atoms with Gasteiger partial charge >= 0.3 is 0 Å². The summed E-state index contributed by atoms with van der Waals surface area (Å²) in [7, 11) is 0. The minimum atomic E-state index is 0.465. The molecule has 0 saturated heterocycles. The molecule has 98 valence electrons. The lowest BCUT2D eigenvalue weighted by atomic mass is 10.0. The van der Waals surface area contributed by atoms with Crippen LogP contribution in [0, 0.1) is 19.8 Å². The molecule has 0 amide bonds. The Morgan fingerprint density at radius 1 is 1.28 bits per heavy atom. The maximum Gasteiger partial charge on any atom is 0.0440 e. The van der Waals surface area contributed by atoms with Crippen molar-refractivity contribution in [1.82, 2.24) is 5.32 Å². The maximum absolute atomic E-state index is 3.70. The molecule has 3 heteroatoms. The summed E-state index contributed by atoms with van der Waals surface area (Å²) in [5.74, 6) is 0.616. The zero-order valence-electron chi connectivity index (χ0n) is 11.5. The van der Waals surface area contributed by atoms with E-state index in [-0.39, 0.29) is 0 Å². The zero-order chi connectivity index (χ0) is 13.1. The van der Waals surface area contributed by atoms with Crippen LogP contribution in [0.25, 0.3) is 0 Å². The van der Waals surface area contributed by atoms with Crippen molar-refractivity contribution in [2.45, 2.75) is 40.3 Å². The molecule has 1 unspecified atom stereocenters. The fraction of sp³-hybridized carbons (Fsp3) is 0.467. The molecule has 2 aromatic heterocycles. The van der Waals surface area contributed by atoms with Crippen molar-refractivity contribution in [3.63, 3.8) is 0 Å². The van der Waals surface area contributed by atoms with E-state index in [9.17, 15) is 0 Å². The number of thiophene rings is 2. The molecule has 0 aliphatic carbocycles. The largest absolute Gasteiger partial charge is 0.304 e. The van der Waals surface area contributed by atoms with Gasteiger partial charge in [-0.1, -0.05) is 19.9 Å². The standard InChI is InChI=1S/C15H21NS2/c1-10(2)15(14-6-5-7-17-14)16-9-13-8-11(3)12(4)18-13/h5-8,10,15-16H,9H2,1-4H3. The van der Waals surface area contributed by atoms with Crippen LogP contribution >= 0.6 is 22.7 Å². The third kappa shape index (κ3) is 3.22. The second kappa shape index (κ2) is 6.00. The summed E-state index contributed by atoms with van der Waals surface area (Å²) in [5, 5.41) is 5.86. The highest BCUT2D eigenvalue weighted by molar-refractivity contribution is 7.12. The number of rotatable bonds is 5. The van der Waals surface area contributed by atoms with E-state index in [1.54, 1.807) is 0 Å². The molecule has 0 bridgehead atoms. The molecule has 18 heavy (non-hydrogen) atoms. The van der Waals surface area contributed by atoms with E-state index in [0.717, 1.165) is 6.54 Å². The van der Waals surface area contributed by atoms with E-state index >= 15 is 0 Å². The van der Waals surface area contributed by atoms with E-state index in [1.807, 2.05) is 22.7 Å². The van der Waals surface area contributed by atoms with Crippen molar-refractivity contribution in [3.05, 3.63) is 43.8 Å². The van der Waals surface area contributed by atoms with Gasteiger partial charge < -0.3 is 5.32 Å². The number of nitrogens with one attached hydrogen (secondary N) is 1.